The molecule has 2 aromatic carbocycles. The van der Waals surface area contributed by atoms with Gasteiger partial charge in [0, 0.05) is 54.9 Å². The molecular weight excluding hydrogens is 457 g/mol. The summed E-state index contributed by atoms with van der Waals surface area (Å²) in [6, 6.07) is 9.86. The van der Waals surface area contributed by atoms with Gasteiger partial charge in [0.2, 0.25) is 0 Å². The summed E-state index contributed by atoms with van der Waals surface area (Å²) in [4.78, 5) is 17.5. The number of likely N-dealkylation sites (N-methyl/N-ethyl adjacent to an activating group) is 1. The average Bonchev–Trinajstić information content (AvgIpc) is 2.74. The molecule has 6 nitrogen and oxygen atoms in total. The second-order valence-corrected chi connectivity index (χ2v) is 10.8. The molecule has 0 saturated carbocycles. The number of rotatable bonds is 7. The Labute approximate surface area is 194 Å². The lowest BCUT2D eigenvalue weighted by molar-refractivity contribution is 0.0950. The van der Waals surface area contributed by atoms with Crippen molar-refractivity contribution in [3.05, 3.63) is 63.1 Å². The number of carbonyl (C=O) groups excluding carboxylic acids is 1. The molecule has 1 saturated heterocycles. The minimum absolute atomic E-state index is 0.0278. The van der Waals surface area contributed by atoms with Gasteiger partial charge in [-0.05, 0) is 48.5 Å². The Morgan fingerprint density at radius 2 is 1.74 bits per heavy atom. The third-order valence-electron chi connectivity index (χ3n) is 5.48. The molecule has 1 aliphatic heterocycles. The fourth-order valence-electron chi connectivity index (χ4n) is 3.49. The molecule has 1 aliphatic rings. The van der Waals surface area contributed by atoms with Gasteiger partial charge in [0.05, 0.1) is 10.6 Å². The van der Waals surface area contributed by atoms with E-state index < -0.39 is 9.84 Å². The quantitative estimate of drug-likeness (QED) is 0.652. The molecule has 0 unspecified atom stereocenters. The molecule has 0 bridgehead atoms. The Bertz CT molecular complexity index is 1050. The Morgan fingerprint density at radius 1 is 1.03 bits per heavy atom. The predicted molar refractivity (Wildman–Crippen MR) is 125 cm³/mol. The van der Waals surface area contributed by atoms with Crippen LogP contribution in [-0.4, -0.2) is 63.1 Å². The molecule has 2 aromatic rings. The van der Waals surface area contributed by atoms with Crippen LogP contribution in [0.1, 0.15) is 28.4 Å². The van der Waals surface area contributed by atoms with E-state index in [2.05, 4.69) is 22.2 Å². The van der Waals surface area contributed by atoms with E-state index in [1.807, 2.05) is 6.07 Å². The van der Waals surface area contributed by atoms with E-state index in [9.17, 15) is 13.2 Å². The normalized spacial score (nSPS) is 15.7. The van der Waals surface area contributed by atoms with Crippen LogP contribution < -0.4 is 5.32 Å². The van der Waals surface area contributed by atoms with Crippen molar-refractivity contribution in [1.82, 2.24) is 15.1 Å². The van der Waals surface area contributed by atoms with Crippen LogP contribution in [0.3, 0.4) is 0 Å². The molecule has 1 heterocycles. The van der Waals surface area contributed by atoms with E-state index in [1.165, 1.54) is 12.1 Å². The first-order valence-corrected chi connectivity index (χ1v) is 12.6. The van der Waals surface area contributed by atoms with E-state index in [0.29, 0.717) is 21.2 Å². The fraction of sp³-hybridized carbons (Fsp3) is 0.409. The summed E-state index contributed by atoms with van der Waals surface area (Å²) in [5, 5.41) is 3.73. The average molecular weight is 484 g/mol. The number of halogens is 2. The van der Waals surface area contributed by atoms with Crippen LogP contribution in [0.2, 0.25) is 10.0 Å². The molecule has 31 heavy (non-hydrogen) atoms. The minimum atomic E-state index is -3.43. The summed E-state index contributed by atoms with van der Waals surface area (Å²) in [5.41, 5.74) is 1.86. The number of piperazine rings is 1. The van der Waals surface area contributed by atoms with Gasteiger partial charge in [-0.3, -0.25) is 9.69 Å². The first-order chi connectivity index (χ1) is 14.7. The van der Waals surface area contributed by atoms with E-state index in [0.717, 1.165) is 38.3 Å². The standard InChI is InChI=1S/C22H27Cl2N3O3S/c1-3-31(29,30)21-7-6-19(23)12-18(21)14-25-22(28)16-4-5-17(20(24)13-16)15-27-10-8-26(2)9-11-27/h4-7,12-13H,3,8-11,14-15H2,1-2H3,(H,25,28). The van der Waals surface area contributed by atoms with Crippen LogP contribution in [0, 0.1) is 0 Å². The number of sulfone groups is 1. The van der Waals surface area contributed by atoms with Gasteiger partial charge in [-0.2, -0.15) is 0 Å². The summed E-state index contributed by atoms with van der Waals surface area (Å²) < 4.78 is 24.7. The Hall–Kier alpha value is -1.64. The van der Waals surface area contributed by atoms with Gasteiger partial charge >= 0.3 is 0 Å². The number of hydrogen-bond acceptors (Lipinski definition) is 5. The fourth-order valence-corrected chi connectivity index (χ4v) is 5.04. The molecule has 0 aromatic heterocycles. The van der Waals surface area contributed by atoms with E-state index >= 15 is 0 Å². The second kappa shape index (κ2) is 10.3. The number of carbonyl (C=O) groups is 1. The van der Waals surface area contributed by atoms with Crippen LogP contribution >= 0.6 is 23.2 Å². The molecule has 1 fully saturated rings. The van der Waals surface area contributed by atoms with Gasteiger partial charge in [-0.1, -0.05) is 36.2 Å². The maximum absolute atomic E-state index is 12.7. The molecule has 0 radical (unpaired) electrons. The highest BCUT2D eigenvalue weighted by molar-refractivity contribution is 7.91. The maximum atomic E-state index is 12.7. The van der Waals surface area contributed by atoms with Gasteiger partial charge in [0.15, 0.2) is 9.84 Å². The summed E-state index contributed by atoms with van der Waals surface area (Å²) in [6.45, 7) is 6.39. The van der Waals surface area contributed by atoms with Crippen molar-refractivity contribution in [1.29, 1.82) is 0 Å². The largest absolute Gasteiger partial charge is 0.348 e. The predicted octanol–water partition coefficient (Wildman–Crippen LogP) is 3.46. The van der Waals surface area contributed by atoms with E-state index in [-0.39, 0.29) is 23.1 Å². The monoisotopic (exact) mass is 483 g/mol. The Morgan fingerprint density at radius 3 is 2.39 bits per heavy atom. The molecule has 0 aliphatic carbocycles. The highest BCUT2D eigenvalue weighted by atomic mass is 35.5. The van der Waals surface area contributed by atoms with Crippen molar-refractivity contribution in [3.63, 3.8) is 0 Å². The zero-order valence-corrected chi connectivity index (χ0v) is 20.0. The lowest BCUT2D eigenvalue weighted by Gasteiger charge is -2.32. The molecule has 0 atom stereocenters. The third-order valence-corrected chi connectivity index (χ3v) is 7.90. The lowest BCUT2D eigenvalue weighted by atomic mass is 10.1. The zero-order chi connectivity index (χ0) is 22.6. The lowest BCUT2D eigenvalue weighted by Crippen LogP contribution is -2.43. The van der Waals surface area contributed by atoms with Crippen LogP contribution in [0.15, 0.2) is 41.3 Å². The number of benzene rings is 2. The summed E-state index contributed by atoms with van der Waals surface area (Å²) >= 11 is 12.5. The highest BCUT2D eigenvalue weighted by Crippen LogP contribution is 2.23. The first-order valence-electron chi connectivity index (χ1n) is 10.2. The van der Waals surface area contributed by atoms with Gasteiger partial charge in [-0.25, -0.2) is 8.42 Å². The second-order valence-electron chi connectivity index (χ2n) is 7.72. The Balaban J connectivity index is 1.68. The van der Waals surface area contributed by atoms with Crippen LogP contribution in [0.25, 0.3) is 0 Å². The Kier molecular flexibility index (Phi) is 7.99. The van der Waals surface area contributed by atoms with Crippen molar-refractivity contribution >= 4 is 38.9 Å². The van der Waals surface area contributed by atoms with Crippen LogP contribution in [0.5, 0.6) is 0 Å². The zero-order valence-electron chi connectivity index (χ0n) is 17.7. The number of nitrogens with zero attached hydrogens (tertiary/aromatic N) is 2. The van der Waals surface area contributed by atoms with Gasteiger partial charge < -0.3 is 10.2 Å². The van der Waals surface area contributed by atoms with Crippen molar-refractivity contribution < 1.29 is 13.2 Å². The molecule has 0 spiro atoms. The SMILES string of the molecule is CCS(=O)(=O)c1ccc(Cl)cc1CNC(=O)c1ccc(CN2CCN(C)CC2)c(Cl)c1. The van der Waals surface area contributed by atoms with E-state index in [1.54, 1.807) is 25.1 Å². The minimum Gasteiger partial charge on any atom is -0.348 e. The van der Waals surface area contributed by atoms with Crippen molar-refractivity contribution in [2.45, 2.75) is 24.9 Å². The highest BCUT2D eigenvalue weighted by Gasteiger charge is 2.19. The number of nitrogens with one attached hydrogen (secondary N) is 1. The van der Waals surface area contributed by atoms with Crippen LogP contribution in [-0.2, 0) is 22.9 Å². The molecule has 1 amide bonds. The third kappa shape index (κ3) is 6.20. The number of amides is 1. The maximum Gasteiger partial charge on any atom is 0.251 e. The van der Waals surface area contributed by atoms with Gasteiger partial charge in [0.25, 0.3) is 5.91 Å². The molecule has 168 valence electrons. The van der Waals surface area contributed by atoms with Crippen molar-refractivity contribution in [2.75, 3.05) is 39.0 Å². The van der Waals surface area contributed by atoms with Crippen LogP contribution in [0.4, 0.5) is 0 Å². The first kappa shape index (κ1) is 24.0. The summed E-state index contributed by atoms with van der Waals surface area (Å²) in [5.74, 6) is -0.354. The number of hydrogen-bond donors (Lipinski definition) is 1. The molecule has 3 rings (SSSR count). The molecule has 9 heteroatoms. The van der Waals surface area contributed by atoms with Gasteiger partial charge in [-0.15, -0.1) is 0 Å². The van der Waals surface area contributed by atoms with Crippen molar-refractivity contribution in [2.24, 2.45) is 0 Å². The molecular formula is C22H27Cl2N3O3S. The summed E-state index contributed by atoms with van der Waals surface area (Å²) in [7, 11) is -1.31. The smallest absolute Gasteiger partial charge is 0.251 e. The summed E-state index contributed by atoms with van der Waals surface area (Å²) in [6.07, 6.45) is 0. The van der Waals surface area contributed by atoms with E-state index in [4.69, 9.17) is 23.2 Å². The van der Waals surface area contributed by atoms with Crippen molar-refractivity contribution in [3.8, 4) is 0 Å². The topological polar surface area (TPSA) is 69.7 Å². The van der Waals surface area contributed by atoms with Gasteiger partial charge in [0.1, 0.15) is 0 Å². The molecule has 1 N–H and O–H groups in total.